The molecular formula is C25H34N4O4S. The molecule has 1 amide bonds. The van der Waals surface area contributed by atoms with Gasteiger partial charge in [-0.15, -0.1) is 0 Å². The standard InChI is InChI=1S/C25H34N4O4S/c1-4-28(5-2)15-10-16-29-21-14-9-12-19(21)23(27-25(29)32)34-17-22(30)26-20-13-8-7-11-18(20)24(31)33-6-3/h7-8,11,13H,4-6,9-10,12,14-17H2,1-3H3,(H,26,30). The van der Waals surface area contributed by atoms with Gasteiger partial charge < -0.3 is 15.0 Å². The minimum atomic E-state index is -0.477. The predicted molar refractivity (Wildman–Crippen MR) is 135 cm³/mol. The van der Waals surface area contributed by atoms with Gasteiger partial charge in [0.1, 0.15) is 5.03 Å². The van der Waals surface area contributed by atoms with Crippen LogP contribution in [0.1, 0.15) is 55.2 Å². The zero-order valence-corrected chi connectivity index (χ0v) is 21.1. The van der Waals surface area contributed by atoms with E-state index in [1.807, 2.05) is 4.57 Å². The first-order valence-corrected chi connectivity index (χ1v) is 13.0. The summed E-state index contributed by atoms with van der Waals surface area (Å²) in [5.74, 6) is -0.643. The summed E-state index contributed by atoms with van der Waals surface area (Å²) in [5, 5.41) is 3.43. The van der Waals surface area contributed by atoms with Gasteiger partial charge in [-0.25, -0.2) is 9.59 Å². The lowest BCUT2D eigenvalue weighted by Crippen LogP contribution is -2.30. The van der Waals surface area contributed by atoms with E-state index in [9.17, 15) is 14.4 Å². The van der Waals surface area contributed by atoms with Crippen molar-refractivity contribution in [1.82, 2.24) is 14.5 Å². The Labute approximate surface area is 205 Å². The van der Waals surface area contributed by atoms with Crippen molar-refractivity contribution in [3.63, 3.8) is 0 Å². The van der Waals surface area contributed by atoms with Crippen molar-refractivity contribution in [3.05, 3.63) is 51.6 Å². The van der Waals surface area contributed by atoms with Crippen molar-refractivity contribution >= 4 is 29.3 Å². The van der Waals surface area contributed by atoms with E-state index in [2.05, 4.69) is 29.0 Å². The average molecular weight is 487 g/mol. The highest BCUT2D eigenvalue weighted by atomic mass is 32.2. The summed E-state index contributed by atoms with van der Waals surface area (Å²) in [5.41, 5.74) is 2.64. The van der Waals surface area contributed by atoms with Gasteiger partial charge in [-0.3, -0.25) is 9.36 Å². The van der Waals surface area contributed by atoms with Crippen molar-refractivity contribution in [2.75, 3.05) is 37.3 Å². The number of nitrogens with one attached hydrogen (secondary N) is 1. The minimum absolute atomic E-state index is 0.0992. The number of carbonyl (C=O) groups excluding carboxylic acids is 2. The number of benzene rings is 1. The van der Waals surface area contributed by atoms with Gasteiger partial charge in [0.15, 0.2) is 0 Å². The molecule has 1 aliphatic rings. The summed E-state index contributed by atoms with van der Waals surface area (Å²) in [4.78, 5) is 44.3. The molecule has 1 aromatic carbocycles. The number of thioether (sulfide) groups is 1. The molecule has 184 valence electrons. The van der Waals surface area contributed by atoms with E-state index >= 15 is 0 Å². The Bertz CT molecular complexity index is 1070. The Morgan fingerprint density at radius 2 is 1.94 bits per heavy atom. The maximum atomic E-state index is 12.8. The third-order valence-electron chi connectivity index (χ3n) is 5.99. The number of hydrogen-bond acceptors (Lipinski definition) is 7. The molecule has 2 aromatic rings. The second kappa shape index (κ2) is 12.7. The molecule has 0 saturated carbocycles. The zero-order valence-electron chi connectivity index (χ0n) is 20.3. The molecule has 0 fully saturated rings. The van der Waals surface area contributed by atoms with E-state index in [-0.39, 0.29) is 24.0 Å². The van der Waals surface area contributed by atoms with Crippen LogP contribution in [-0.4, -0.2) is 58.3 Å². The van der Waals surface area contributed by atoms with Crippen molar-refractivity contribution in [2.45, 2.75) is 58.0 Å². The number of rotatable bonds is 12. The fraction of sp³-hybridized carbons (Fsp3) is 0.520. The highest BCUT2D eigenvalue weighted by molar-refractivity contribution is 8.00. The number of ether oxygens (including phenoxy) is 1. The highest BCUT2D eigenvalue weighted by Gasteiger charge is 2.23. The normalized spacial score (nSPS) is 12.6. The number of fused-ring (bicyclic) bond motifs is 1. The molecule has 1 N–H and O–H groups in total. The number of amides is 1. The van der Waals surface area contributed by atoms with Crippen LogP contribution in [0.5, 0.6) is 0 Å². The van der Waals surface area contributed by atoms with Crippen LogP contribution in [0, 0.1) is 0 Å². The SMILES string of the molecule is CCOC(=O)c1ccccc1NC(=O)CSc1nc(=O)n(CCCN(CC)CC)c2c1CCC2. The van der Waals surface area contributed by atoms with E-state index in [1.165, 1.54) is 11.8 Å². The lowest BCUT2D eigenvalue weighted by atomic mass is 10.2. The molecule has 1 aliphatic carbocycles. The van der Waals surface area contributed by atoms with E-state index in [0.717, 1.165) is 56.6 Å². The van der Waals surface area contributed by atoms with Crippen LogP contribution >= 0.6 is 11.8 Å². The largest absolute Gasteiger partial charge is 0.462 e. The third-order valence-corrected chi connectivity index (χ3v) is 7.01. The Balaban J connectivity index is 1.66. The number of anilines is 1. The molecule has 0 unspecified atom stereocenters. The highest BCUT2D eigenvalue weighted by Crippen LogP contribution is 2.29. The maximum absolute atomic E-state index is 12.8. The van der Waals surface area contributed by atoms with E-state index in [0.29, 0.717) is 22.8 Å². The molecule has 34 heavy (non-hydrogen) atoms. The first-order valence-electron chi connectivity index (χ1n) is 12.0. The van der Waals surface area contributed by atoms with Crippen LogP contribution in [0.2, 0.25) is 0 Å². The average Bonchev–Trinajstić information content (AvgIpc) is 3.32. The molecule has 9 heteroatoms. The van der Waals surface area contributed by atoms with Crippen LogP contribution in [0.15, 0.2) is 34.1 Å². The fourth-order valence-corrected chi connectivity index (χ4v) is 5.10. The minimum Gasteiger partial charge on any atom is -0.462 e. The van der Waals surface area contributed by atoms with Gasteiger partial charge >= 0.3 is 11.7 Å². The van der Waals surface area contributed by atoms with Crippen LogP contribution in [0.25, 0.3) is 0 Å². The summed E-state index contributed by atoms with van der Waals surface area (Å²) in [7, 11) is 0. The monoisotopic (exact) mass is 486 g/mol. The molecule has 1 aromatic heterocycles. The molecule has 3 rings (SSSR count). The summed E-state index contributed by atoms with van der Waals surface area (Å²) in [6, 6.07) is 6.76. The molecule has 0 spiro atoms. The van der Waals surface area contributed by atoms with Gasteiger partial charge in [-0.05, 0) is 64.4 Å². The molecule has 8 nitrogen and oxygen atoms in total. The fourth-order valence-electron chi connectivity index (χ4n) is 4.23. The lowest BCUT2D eigenvalue weighted by Gasteiger charge is -2.19. The second-order valence-electron chi connectivity index (χ2n) is 8.11. The predicted octanol–water partition coefficient (Wildman–Crippen LogP) is 3.37. The third kappa shape index (κ3) is 6.48. The molecule has 0 radical (unpaired) electrons. The molecule has 1 heterocycles. The Kier molecular flexibility index (Phi) is 9.71. The zero-order chi connectivity index (χ0) is 24.5. The van der Waals surface area contributed by atoms with Gasteiger partial charge in [0, 0.05) is 17.8 Å². The number of carbonyl (C=O) groups is 2. The van der Waals surface area contributed by atoms with Crippen LogP contribution in [0.4, 0.5) is 5.69 Å². The smallest absolute Gasteiger partial charge is 0.348 e. The Morgan fingerprint density at radius 1 is 1.18 bits per heavy atom. The van der Waals surface area contributed by atoms with E-state index in [1.54, 1.807) is 31.2 Å². The molecule has 0 saturated heterocycles. The van der Waals surface area contributed by atoms with Gasteiger partial charge in [0.2, 0.25) is 5.91 Å². The lowest BCUT2D eigenvalue weighted by molar-refractivity contribution is -0.113. The van der Waals surface area contributed by atoms with Crippen molar-refractivity contribution in [2.24, 2.45) is 0 Å². The quantitative estimate of drug-likeness (QED) is 0.279. The van der Waals surface area contributed by atoms with Gasteiger partial charge in [0.05, 0.1) is 23.6 Å². The van der Waals surface area contributed by atoms with E-state index < -0.39 is 5.97 Å². The van der Waals surface area contributed by atoms with Crippen LogP contribution < -0.4 is 11.0 Å². The molecular weight excluding hydrogens is 452 g/mol. The number of nitrogens with zero attached hydrogens (tertiary/aromatic N) is 3. The van der Waals surface area contributed by atoms with Gasteiger partial charge in [-0.2, -0.15) is 4.98 Å². The van der Waals surface area contributed by atoms with E-state index in [4.69, 9.17) is 4.74 Å². The van der Waals surface area contributed by atoms with Crippen molar-refractivity contribution < 1.29 is 14.3 Å². The number of para-hydroxylation sites is 1. The Hall–Kier alpha value is -2.65. The van der Waals surface area contributed by atoms with Gasteiger partial charge in [-0.1, -0.05) is 37.7 Å². The first kappa shape index (κ1) is 26.0. The summed E-state index contributed by atoms with van der Waals surface area (Å²) in [6.07, 6.45) is 3.63. The summed E-state index contributed by atoms with van der Waals surface area (Å²) < 4.78 is 6.89. The number of esters is 1. The number of aromatic nitrogens is 2. The first-order chi connectivity index (χ1) is 16.5. The van der Waals surface area contributed by atoms with Crippen LogP contribution in [0.3, 0.4) is 0 Å². The molecule has 0 bridgehead atoms. The summed E-state index contributed by atoms with van der Waals surface area (Å²) in [6.45, 7) is 9.92. The maximum Gasteiger partial charge on any atom is 0.348 e. The molecule has 0 aliphatic heterocycles. The topological polar surface area (TPSA) is 93.5 Å². The summed E-state index contributed by atoms with van der Waals surface area (Å²) >= 11 is 1.28. The van der Waals surface area contributed by atoms with Gasteiger partial charge in [0.25, 0.3) is 0 Å². The Morgan fingerprint density at radius 3 is 2.68 bits per heavy atom. The molecule has 0 atom stereocenters. The van der Waals surface area contributed by atoms with Crippen LogP contribution in [-0.2, 0) is 28.9 Å². The van der Waals surface area contributed by atoms with Crippen molar-refractivity contribution in [3.8, 4) is 0 Å². The second-order valence-corrected chi connectivity index (χ2v) is 9.08. The van der Waals surface area contributed by atoms with Crippen molar-refractivity contribution in [1.29, 1.82) is 0 Å². The number of hydrogen-bond donors (Lipinski definition) is 1.